The number of aromatic nitrogens is 3. The summed E-state index contributed by atoms with van der Waals surface area (Å²) in [5.74, 6) is 0.689. The summed E-state index contributed by atoms with van der Waals surface area (Å²) in [5, 5.41) is 0. The van der Waals surface area contributed by atoms with E-state index in [1.807, 2.05) is 11.5 Å². The average molecular weight is 388 g/mol. The lowest BCUT2D eigenvalue weighted by Gasteiger charge is -2.15. The highest BCUT2D eigenvalue weighted by Crippen LogP contribution is 2.39. The normalized spacial score (nSPS) is 16.0. The van der Waals surface area contributed by atoms with Gasteiger partial charge in [-0.3, -0.25) is 4.98 Å². The summed E-state index contributed by atoms with van der Waals surface area (Å²) in [6.07, 6.45) is 4.10. The quantitative estimate of drug-likeness (QED) is 0.701. The van der Waals surface area contributed by atoms with Crippen molar-refractivity contribution in [1.82, 2.24) is 19.3 Å². The maximum Gasteiger partial charge on any atom is 0.241 e. The number of nitrogens with one attached hydrogen (secondary N) is 1. The summed E-state index contributed by atoms with van der Waals surface area (Å²) >= 11 is 0. The van der Waals surface area contributed by atoms with Crippen molar-refractivity contribution < 1.29 is 12.8 Å². The molecule has 0 radical (unpaired) electrons. The highest BCUT2D eigenvalue weighted by atomic mass is 32.2. The molecule has 1 saturated carbocycles. The highest BCUT2D eigenvalue weighted by molar-refractivity contribution is 7.89. The van der Waals surface area contributed by atoms with Crippen LogP contribution in [-0.2, 0) is 16.6 Å². The van der Waals surface area contributed by atoms with E-state index in [0.717, 1.165) is 28.9 Å². The molecule has 1 aromatic carbocycles. The Hall–Kier alpha value is -2.32. The van der Waals surface area contributed by atoms with Crippen molar-refractivity contribution in [2.45, 2.75) is 50.1 Å². The van der Waals surface area contributed by atoms with Crippen LogP contribution in [0, 0.1) is 5.82 Å². The minimum atomic E-state index is -3.78. The van der Waals surface area contributed by atoms with Crippen molar-refractivity contribution in [3.63, 3.8) is 0 Å². The maximum atomic E-state index is 13.1. The van der Waals surface area contributed by atoms with Gasteiger partial charge >= 0.3 is 0 Å². The molecule has 0 saturated heterocycles. The standard InChI is InChI=1S/C19H21FN4O2S/c1-3-24-18-10-16(13-4-5-13)21-11-17(18)22-19(24)12(2)23-27(25,26)15-8-6-14(20)7-9-15/h6-13,23H,3-5H2,1-2H3. The third-order valence-electron chi connectivity index (χ3n) is 4.84. The largest absolute Gasteiger partial charge is 0.327 e. The minimum Gasteiger partial charge on any atom is -0.327 e. The van der Waals surface area contributed by atoms with Gasteiger partial charge in [0.25, 0.3) is 0 Å². The van der Waals surface area contributed by atoms with Gasteiger partial charge in [-0.15, -0.1) is 0 Å². The fourth-order valence-electron chi connectivity index (χ4n) is 3.30. The van der Waals surface area contributed by atoms with E-state index in [1.54, 1.807) is 13.1 Å². The smallest absolute Gasteiger partial charge is 0.241 e. The third-order valence-corrected chi connectivity index (χ3v) is 6.40. The van der Waals surface area contributed by atoms with Gasteiger partial charge in [-0.2, -0.15) is 0 Å². The van der Waals surface area contributed by atoms with Gasteiger partial charge in [-0.25, -0.2) is 22.5 Å². The van der Waals surface area contributed by atoms with Gasteiger partial charge in [0, 0.05) is 18.2 Å². The first kappa shape index (κ1) is 18.1. The molecule has 2 aromatic heterocycles. The molecule has 0 bridgehead atoms. The molecule has 4 rings (SSSR count). The lowest BCUT2D eigenvalue weighted by molar-refractivity contribution is 0.549. The van der Waals surface area contributed by atoms with Crippen molar-refractivity contribution in [3.8, 4) is 0 Å². The van der Waals surface area contributed by atoms with Crippen molar-refractivity contribution in [2.75, 3.05) is 0 Å². The van der Waals surface area contributed by atoms with Gasteiger partial charge in [0.15, 0.2) is 0 Å². The van der Waals surface area contributed by atoms with Gasteiger partial charge in [0.2, 0.25) is 10.0 Å². The van der Waals surface area contributed by atoms with Crippen LogP contribution in [0.15, 0.2) is 41.4 Å². The number of pyridine rings is 1. The van der Waals surface area contributed by atoms with Crippen LogP contribution in [0.1, 0.15) is 50.2 Å². The van der Waals surface area contributed by atoms with Crippen molar-refractivity contribution in [2.24, 2.45) is 0 Å². The Morgan fingerprint density at radius 2 is 2.00 bits per heavy atom. The highest BCUT2D eigenvalue weighted by Gasteiger charge is 2.27. The summed E-state index contributed by atoms with van der Waals surface area (Å²) in [7, 11) is -3.78. The monoisotopic (exact) mass is 388 g/mol. The molecule has 142 valence electrons. The number of aryl methyl sites for hydroxylation is 1. The number of halogens is 1. The molecule has 1 aliphatic rings. The molecule has 1 aliphatic carbocycles. The zero-order valence-electron chi connectivity index (χ0n) is 15.2. The van der Waals surface area contributed by atoms with E-state index in [-0.39, 0.29) is 4.90 Å². The first-order valence-corrected chi connectivity index (χ1v) is 10.5. The third kappa shape index (κ3) is 3.46. The lowest BCUT2D eigenvalue weighted by atomic mass is 10.2. The zero-order chi connectivity index (χ0) is 19.2. The first-order chi connectivity index (χ1) is 12.9. The van der Waals surface area contributed by atoms with Crippen LogP contribution >= 0.6 is 0 Å². The number of benzene rings is 1. The number of hydrogen-bond acceptors (Lipinski definition) is 4. The van der Waals surface area contributed by atoms with Crippen molar-refractivity contribution >= 4 is 21.1 Å². The van der Waals surface area contributed by atoms with Gasteiger partial charge in [0.05, 0.1) is 22.7 Å². The van der Waals surface area contributed by atoms with Crippen LogP contribution in [0.25, 0.3) is 11.0 Å². The van der Waals surface area contributed by atoms with Gasteiger partial charge in [0.1, 0.15) is 17.2 Å². The number of fused-ring (bicyclic) bond motifs is 1. The Balaban J connectivity index is 1.67. The van der Waals surface area contributed by atoms with E-state index in [2.05, 4.69) is 20.8 Å². The summed E-state index contributed by atoms with van der Waals surface area (Å²) in [4.78, 5) is 9.13. The van der Waals surface area contributed by atoms with Crippen LogP contribution < -0.4 is 4.72 Å². The molecule has 1 fully saturated rings. The van der Waals surface area contributed by atoms with E-state index in [1.165, 1.54) is 25.0 Å². The molecule has 1 unspecified atom stereocenters. The van der Waals surface area contributed by atoms with E-state index in [4.69, 9.17) is 0 Å². The summed E-state index contributed by atoms with van der Waals surface area (Å²) < 4.78 is 43.0. The Bertz CT molecular complexity index is 1090. The number of nitrogens with zero attached hydrogens (tertiary/aromatic N) is 3. The predicted octanol–water partition coefficient (Wildman–Crippen LogP) is 3.51. The van der Waals surface area contributed by atoms with Crippen LogP contribution in [0.4, 0.5) is 4.39 Å². The zero-order valence-corrected chi connectivity index (χ0v) is 16.0. The average Bonchev–Trinajstić information content (AvgIpc) is 3.41. The van der Waals surface area contributed by atoms with E-state index in [9.17, 15) is 12.8 Å². The molecule has 1 atom stereocenters. The predicted molar refractivity (Wildman–Crippen MR) is 100 cm³/mol. The van der Waals surface area contributed by atoms with Gasteiger partial charge in [-0.05, 0) is 57.0 Å². The van der Waals surface area contributed by atoms with E-state index in [0.29, 0.717) is 18.3 Å². The molecule has 0 aliphatic heterocycles. The van der Waals surface area contributed by atoms with E-state index >= 15 is 0 Å². The van der Waals surface area contributed by atoms with Gasteiger partial charge < -0.3 is 4.57 Å². The number of rotatable bonds is 6. The SMILES string of the molecule is CCn1c(C(C)NS(=O)(=O)c2ccc(F)cc2)nc2cnc(C3CC3)cc21. The van der Waals surface area contributed by atoms with Crippen molar-refractivity contribution in [3.05, 3.63) is 53.9 Å². The number of hydrogen-bond donors (Lipinski definition) is 1. The second kappa shape index (κ2) is 6.69. The molecular formula is C19H21FN4O2S. The Morgan fingerprint density at radius 3 is 2.63 bits per heavy atom. The van der Waals surface area contributed by atoms with Crippen LogP contribution in [0.3, 0.4) is 0 Å². The minimum absolute atomic E-state index is 0.0209. The number of imidazole rings is 1. The number of sulfonamides is 1. The Kier molecular flexibility index (Phi) is 4.47. The van der Waals surface area contributed by atoms with Crippen LogP contribution in [-0.4, -0.2) is 23.0 Å². The second-order valence-corrected chi connectivity index (χ2v) is 8.60. The first-order valence-electron chi connectivity index (χ1n) is 9.03. The lowest BCUT2D eigenvalue weighted by Crippen LogP contribution is -2.28. The Labute approximate surface area is 157 Å². The summed E-state index contributed by atoms with van der Waals surface area (Å²) in [6, 6.07) is 6.28. The fourth-order valence-corrected chi connectivity index (χ4v) is 4.50. The Morgan fingerprint density at radius 1 is 1.30 bits per heavy atom. The topological polar surface area (TPSA) is 76.9 Å². The molecule has 0 amide bonds. The molecule has 6 nitrogen and oxygen atoms in total. The van der Waals surface area contributed by atoms with Crippen LogP contribution in [0.2, 0.25) is 0 Å². The molecule has 3 aromatic rings. The molecular weight excluding hydrogens is 367 g/mol. The fraction of sp³-hybridized carbons (Fsp3) is 0.368. The van der Waals surface area contributed by atoms with E-state index < -0.39 is 21.9 Å². The van der Waals surface area contributed by atoms with Gasteiger partial charge in [-0.1, -0.05) is 0 Å². The summed E-state index contributed by atoms with van der Waals surface area (Å²) in [5.41, 5.74) is 2.80. The maximum absolute atomic E-state index is 13.1. The molecule has 8 heteroatoms. The van der Waals surface area contributed by atoms with Crippen molar-refractivity contribution in [1.29, 1.82) is 0 Å². The molecule has 2 heterocycles. The van der Waals surface area contributed by atoms with Crippen LogP contribution in [0.5, 0.6) is 0 Å². The molecule has 0 spiro atoms. The second-order valence-electron chi connectivity index (χ2n) is 6.88. The molecule has 1 N–H and O–H groups in total. The summed E-state index contributed by atoms with van der Waals surface area (Å²) in [6.45, 7) is 4.43. The molecule has 27 heavy (non-hydrogen) atoms.